The molecule has 0 spiro atoms. The Morgan fingerprint density at radius 3 is 2.60 bits per heavy atom. The number of halogens is 4. The van der Waals surface area contributed by atoms with Crippen LogP contribution in [-0.2, 0) is 19.7 Å². The first-order chi connectivity index (χ1) is 13.7. The molecule has 4 unspecified atom stereocenters. The summed E-state index contributed by atoms with van der Waals surface area (Å²) in [5.74, 6) is -2.20. The summed E-state index contributed by atoms with van der Waals surface area (Å²) in [6.07, 6.45) is -9.26. The number of nitrogens with zero attached hydrogens (tertiary/aromatic N) is 1. The normalized spacial score (nSPS) is 28.9. The van der Waals surface area contributed by atoms with E-state index in [1.807, 2.05) is 0 Å². The third-order valence-corrected chi connectivity index (χ3v) is 4.88. The molecule has 166 valence electrons. The molecule has 2 aliphatic heterocycles. The molecule has 0 bridgehead atoms. The molecule has 2 heterocycles. The van der Waals surface area contributed by atoms with Gasteiger partial charge in [-0.15, -0.1) is 0 Å². The van der Waals surface area contributed by atoms with Crippen LogP contribution in [0.1, 0.15) is 33.3 Å². The average molecular weight is 433 g/mol. The smallest absolute Gasteiger partial charge is 0.426 e. The second-order valence-electron chi connectivity index (χ2n) is 8.33. The minimum atomic E-state index is -4.84. The molecule has 3 N–H and O–H groups in total. The van der Waals surface area contributed by atoms with Gasteiger partial charge in [-0.2, -0.15) is 13.2 Å². The van der Waals surface area contributed by atoms with Gasteiger partial charge in [0.1, 0.15) is 17.0 Å². The van der Waals surface area contributed by atoms with Crippen molar-refractivity contribution in [1.82, 2.24) is 5.32 Å². The van der Waals surface area contributed by atoms with Gasteiger partial charge in [0.05, 0.1) is 18.6 Å². The van der Waals surface area contributed by atoms with Crippen LogP contribution in [0.2, 0.25) is 0 Å². The molecule has 0 radical (unpaired) electrons. The highest BCUT2D eigenvalue weighted by molar-refractivity contribution is 5.91. The van der Waals surface area contributed by atoms with Crippen molar-refractivity contribution in [2.24, 2.45) is 10.9 Å². The minimum absolute atomic E-state index is 0.144. The predicted octanol–water partition coefficient (Wildman–Crippen LogP) is 3.48. The van der Waals surface area contributed by atoms with Crippen LogP contribution in [0.4, 0.5) is 28.0 Å². The standard InChI is InChI=1S/C19H23F4N3O4/c1-9-13-14(19(21,22)23)29-15(25-16(27)30-17(2,3)4)26-18(13,8-28-9)11-7-10(24)5-6-12(11)20/h5-7,9,13-14H,8,24H2,1-4H3,(H,25,26,27). The summed E-state index contributed by atoms with van der Waals surface area (Å²) < 4.78 is 72.0. The zero-order chi connectivity index (χ0) is 22.5. The highest BCUT2D eigenvalue weighted by atomic mass is 19.4. The van der Waals surface area contributed by atoms with Crippen molar-refractivity contribution in [3.8, 4) is 0 Å². The van der Waals surface area contributed by atoms with Crippen molar-refractivity contribution in [1.29, 1.82) is 0 Å². The number of alkyl halides is 3. The van der Waals surface area contributed by atoms with Crippen molar-refractivity contribution >= 4 is 17.8 Å². The Morgan fingerprint density at radius 1 is 1.33 bits per heavy atom. The van der Waals surface area contributed by atoms with E-state index in [0.717, 1.165) is 6.07 Å². The molecule has 7 nitrogen and oxygen atoms in total. The Morgan fingerprint density at radius 2 is 2.00 bits per heavy atom. The summed E-state index contributed by atoms with van der Waals surface area (Å²) in [6, 6.07) is 2.82. The number of alkyl carbamates (subject to hydrolysis) is 1. The van der Waals surface area contributed by atoms with E-state index in [1.54, 1.807) is 20.8 Å². The third-order valence-electron chi connectivity index (χ3n) is 4.88. The van der Waals surface area contributed by atoms with Crippen LogP contribution in [-0.4, -0.2) is 42.7 Å². The molecule has 0 aliphatic carbocycles. The average Bonchev–Trinajstić information content (AvgIpc) is 2.91. The Hall–Kier alpha value is -2.56. The molecule has 1 aromatic rings. The van der Waals surface area contributed by atoms with E-state index in [2.05, 4.69) is 10.3 Å². The molecule has 0 saturated carbocycles. The van der Waals surface area contributed by atoms with E-state index >= 15 is 0 Å². The summed E-state index contributed by atoms with van der Waals surface area (Å²) in [5, 5.41) is 2.09. The first kappa shape index (κ1) is 22.1. The van der Waals surface area contributed by atoms with Crippen LogP contribution in [0.15, 0.2) is 23.2 Å². The van der Waals surface area contributed by atoms with Gasteiger partial charge in [-0.3, -0.25) is 0 Å². The van der Waals surface area contributed by atoms with Crippen LogP contribution in [0.25, 0.3) is 0 Å². The number of aliphatic imine (C=N–C) groups is 1. The molecule has 0 aromatic heterocycles. The van der Waals surface area contributed by atoms with Gasteiger partial charge in [0.15, 0.2) is 0 Å². The number of hydrogen-bond donors (Lipinski definition) is 2. The number of nitrogen functional groups attached to an aromatic ring is 1. The van der Waals surface area contributed by atoms with Crippen LogP contribution >= 0.6 is 0 Å². The number of nitrogens with two attached hydrogens (primary N) is 1. The SMILES string of the molecule is CC1OCC2(c3cc(N)ccc3F)N=C(NC(=O)OC(C)(C)C)OC(C(F)(F)F)C12. The maximum atomic E-state index is 14.7. The maximum Gasteiger partial charge on any atom is 0.426 e. The number of nitrogens with one attached hydrogen (secondary N) is 1. The van der Waals surface area contributed by atoms with Gasteiger partial charge in [0.25, 0.3) is 6.02 Å². The lowest BCUT2D eigenvalue weighted by Gasteiger charge is -2.41. The fourth-order valence-corrected chi connectivity index (χ4v) is 3.76. The Kier molecular flexibility index (Phi) is 5.38. The molecule has 2 aliphatic rings. The van der Waals surface area contributed by atoms with Gasteiger partial charge in [0, 0.05) is 11.3 Å². The highest BCUT2D eigenvalue weighted by Gasteiger charge is 2.64. The van der Waals surface area contributed by atoms with Gasteiger partial charge < -0.3 is 19.9 Å². The number of fused-ring (bicyclic) bond motifs is 1. The van der Waals surface area contributed by atoms with Gasteiger partial charge in [0.2, 0.25) is 6.10 Å². The molecule has 1 saturated heterocycles. The number of ether oxygens (including phenoxy) is 3. The maximum absolute atomic E-state index is 14.7. The topological polar surface area (TPSA) is 95.2 Å². The Balaban J connectivity index is 2.12. The lowest BCUT2D eigenvalue weighted by molar-refractivity contribution is -0.227. The number of hydrogen-bond acceptors (Lipinski definition) is 6. The van der Waals surface area contributed by atoms with Crippen molar-refractivity contribution in [3.05, 3.63) is 29.6 Å². The second-order valence-corrected chi connectivity index (χ2v) is 8.33. The lowest BCUT2D eigenvalue weighted by atomic mass is 9.74. The minimum Gasteiger partial charge on any atom is -0.451 e. The first-order valence-electron chi connectivity index (χ1n) is 9.23. The van der Waals surface area contributed by atoms with Crippen LogP contribution in [0, 0.1) is 11.7 Å². The van der Waals surface area contributed by atoms with Crippen LogP contribution in [0.3, 0.4) is 0 Å². The molecule has 1 fully saturated rings. The Bertz CT molecular complexity index is 868. The highest BCUT2D eigenvalue weighted by Crippen LogP contribution is 2.51. The van der Waals surface area contributed by atoms with Gasteiger partial charge in [-0.25, -0.2) is 19.5 Å². The molecule has 11 heteroatoms. The number of carbonyl (C=O) groups excluding carboxylic acids is 1. The molecular weight excluding hydrogens is 410 g/mol. The van der Waals surface area contributed by atoms with Crippen molar-refractivity contribution in [2.75, 3.05) is 12.3 Å². The Labute approximate surface area is 170 Å². The van der Waals surface area contributed by atoms with Crippen molar-refractivity contribution in [2.45, 2.75) is 57.2 Å². The zero-order valence-corrected chi connectivity index (χ0v) is 16.8. The summed E-state index contributed by atoms with van der Waals surface area (Å²) >= 11 is 0. The zero-order valence-electron chi connectivity index (χ0n) is 16.8. The summed E-state index contributed by atoms with van der Waals surface area (Å²) in [5.41, 5.74) is 3.02. The fourth-order valence-electron chi connectivity index (χ4n) is 3.76. The molecule has 4 atom stereocenters. The van der Waals surface area contributed by atoms with Crippen LogP contribution in [0.5, 0.6) is 0 Å². The number of amidine groups is 1. The first-order valence-corrected chi connectivity index (χ1v) is 9.23. The van der Waals surface area contributed by atoms with Crippen LogP contribution < -0.4 is 11.1 Å². The predicted molar refractivity (Wildman–Crippen MR) is 99.1 cm³/mol. The number of amides is 1. The van der Waals surface area contributed by atoms with E-state index in [-0.39, 0.29) is 17.9 Å². The summed E-state index contributed by atoms with van der Waals surface area (Å²) in [7, 11) is 0. The largest absolute Gasteiger partial charge is 0.451 e. The lowest BCUT2D eigenvalue weighted by Crippen LogP contribution is -2.57. The quantitative estimate of drug-likeness (QED) is 0.522. The summed E-state index contributed by atoms with van der Waals surface area (Å²) in [4.78, 5) is 16.3. The monoisotopic (exact) mass is 433 g/mol. The van der Waals surface area contributed by atoms with Crippen molar-refractivity contribution < 1.29 is 36.6 Å². The number of anilines is 1. The van der Waals surface area contributed by atoms with Gasteiger partial charge in [-0.05, 0) is 45.9 Å². The van der Waals surface area contributed by atoms with Crippen molar-refractivity contribution in [3.63, 3.8) is 0 Å². The fraction of sp³-hybridized carbons (Fsp3) is 0.579. The van der Waals surface area contributed by atoms with Gasteiger partial charge in [-0.1, -0.05) is 0 Å². The molecule has 1 amide bonds. The van der Waals surface area contributed by atoms with E-state index < -0.39 is 53.4 Å². The molecular formula is C19H23F4N3O4. The van der Waals surface area contributed by atoms with E-state index in [1.165, 1.54) is 19.1 Å². The van der Waals surface area contributed by atoms with E-state index in [4.69, 9.17) is 19.9 Å². The van der Waals surface area contributed by atoms with Gasteiger partial charge >= 0.3 is 12.3 Å². The number of rotatable bonds is 1. The molecule has 1 aromatic carbocycles. The molecule has 3 rings (SSSR count). The second kappa shape index (κ2) is 7.29. The third kappa shape index (κ3) is 4.16. The summed E-state index contributed by atoms with van der Waals surface area (Å²) in [6.45, 7) is 5.83. The molecule has 30 heavy (non-hydrogen) atoms. The number of benzene rings is 1. The van der Waals surface area contributed by atoms with E-state index in [9.17, 15) is 22.4 Å². The van der Waals surface area contributed by atoms with E-state index in [0.29, 0.717) is 0 Å². The number of carbonyl (C=O) groups is 1.